The first-order valence-electron chi connectivity index (χ1n) is 5.22. The van der Waals surface area contributed by atoms with Gasteiger partial charge in [0.05, 0.1) is 30.5 Å². The second kappa shape index (κ2) is 4.63. The van der Waals surface area contributed by atoms with E-state index in [0.29, 0.717) is 18.6 Å². The van der Waals surface area contributed by atoms with Crippen LogP contribution in [0.25, 0.3) is 0 Å². The van der Waals surface area contributed by atoms with Gasteiger partial charge in [0.2, 0.25) is 0 Å². The summed E-state index contributed by atoms with van der Waals surface area (Å²) in [4.78, 5) is 11.8. The predicted octanol–water partition coefficient (Wildman–Crippen LogP) is -0.700. The number of aliphatic hydroxyl groups is 1. The van der Waals surface area contributed by atoms with E-state index in [4.69, 9.17) is 4.74 Å². The molecule has 0 unspecified atom stereocenters. The summed E-state index contributed by atoms with van der Waals surface area (Å²) in [7, 11) is 1.75. The van der Waals surface area contributed by atoms with Crippen LogP contribution >= 0.6 is 0 Å². The van der Waals surface area contributed by atoms with Gasteiger partial charge in [-0.1, -0.05) is 0 Å². The Hall–Kier alpha value is -1.40. The minimum absolute atomic E-state index is 0.209. The van der Waals surface area contributed by atoms with Gasteiger partial charge in [0, 0.05) is 19.9 Å². The Morgan fingerprint density at radius 2 is 2.56 bits per heavy atom. The number of aromatic nitrogens is 2. The van der Waals surface area contributed by atoms with Gasteiger partial charge in [0.1, 0.15) is 0 Å². The summed E-state index contributed by atoms with van der Waals surface area (Å²) in [6.07, 6.45) is 3.14. The van der Waals surface area contributed by atoms with E-state index in [1.807, 2.05) is 0 Å². The zero-order chi connectivity index (χ0) is 11.5. The van der Waals surface area contributed by atoms with Gasteiger partial charge >= 0.3 is 0 Å². The van der Waals surface area contributed by atoms with E-state index in [1.165, 1.54) is 6.20 Å². The molecule has 0 radical (unpaired) electrons. The van der Waals surface area contributed by atoms with E-state index < -0.39 is 6.10 Å². The molecule has 2 heterocycles. The van der Waals surface area contributed by atoms with Crippen LogP contribution in [0.5, 0.6) is 0 Å². The van der Waals surface area contributed by atoms with Crippen LogP contribution in [0.3, 0.4) is 0 Å². The van der Waals surface area contributed by atoms with Gasteiger partial charge in [-0.25, -0.2) is 0 Å². The number of carbonyl (C=O) groups excluding carboxylic acids is 1. The number of aryl methyl sites for hydroxylation is 1. The third kappa shape index (κ3) is 2.40. The van der Waals surface area contributed by atoms with Crippen LogP contribution in [0.4, 0.5) is 0 Å². The smallest absolute Gasteiger partial charge is 0.254 e. The Balaban J connectivity index is 1.96. The van der Waals surface area contributed by atoms with Gasteiger partial charge in [-0.3, -0.25) is 9.48 Å². The van der Waals surface area contributed by atoms with Crippen molar-refractivity contribution >= 4 is 5.91 Å². The Kier molecular flexibility index (Phi) is 3.21. The molecule has 2 atom stereocenters. The van der Waals surface area contributed by atoms with Crippen molar-refractivity contribution in [3.8, 4) is 0 Å². The lowest BCUT2D eigenvalue weighted by molar-refractivity contribution is -0.0260. The Bertz CT molecular complexity index is 377. The molecule has 0 aliphatic carbocycles. The lowest BCUT2D eigenvalue weighted by atomic mass is 10.1. The SMILES string of the molecule is Cn1cc(C(=O)N[C@@H]2CCOC[C@H]2O)cn1. The second-order valence-corrected chi connectivity index (χ2v) is 3.91. The normalized spacial score (nSPS) is 25.4. The fourth-order valence-electron chi connectivity index (χ4n) is 1.68. The van der Waals surface area contributed by atoms with Gasteiger partial charge in [0.15, 0.2) is 0 Å². The summed E-state index contributed by atoms with van der Waals surface area (Å²) in [6, 6.07) is -0.235. The van der Waals surface area contributed by atoms with Crippen LogP contribution in [-0.4, -0.2) is 46.2 Å². The molecule has 0 saturated carbocycles. The minimum Gasteiger partial charge on any atom is -0.389 e. The predicted molar refractivity (Wildman–Crippen MR) is 55.9 cm³/mol. The molecule has 1 aromatic rings. The molecule has 1 aromatic heterocycles. The highest BCUT2D eigenvalue weighted by Gasteiger charge is 2.25. The molecule has 88 valence electrons. The highest BCUT2D eigenvalue weighted by Crippen LogP contribution is 2.08. The summed E-state index contributed by atoms with van der Waals surface area (Å²) in [5.41, 5.74) is 0.501. The maximum Gasteiger partial charge on any atom is 0.254 e. The van der Waals surface area contributed by atoms with Gasteiger partial charge in [0.25, 0.3) is 5.91 Å². The molecular formula is C10H15N3O3. The summed E-state index contributed by atoms with van der Waals surface area (Å²) in [6.45, 7) is 0.840. The fraction of sp³-hybridized carbons (Fsp3) is 0.600. The zero-order valence-electron chi connectivity index (χ0n) is 9.09. The van der Waals surface area contributed by atoms with Crippen molar-refractivity contribution in [3.63, 3.8) is 0 Å². The number of nitrogens with zero attached hydrogens (tertiary/aromatic N) is 2. The lowest BCUT2D eigenvalue weighted by Crippen LogP contribution is -2.48. The molecular weight excluding hydrogens is 210 g/mol. The van der Waals surface area contributed by atoms with E-state index in [-0.39, 0.29) is 18.6 Å². The van der Waals surface area contributed by atoms with Crippen molar-refractivity contribution in [1.29, 1.82) is 0 Å². The lowest BCUT2D eigenvalue weighted by Gasteiger charge is -2.28. The maximum absolute atomic E-state index is 11.8. The molecule has 6 nitrogen and oxygen atoms in total. The molecule has 16 heavy (non-hydrogen) atoms. The van der Waals surface area contributed by atoms with E-state index in [0.717, 1.165) is 0 Å². The van der Waals surface area contributed by atoms with Crippen LogP contribution in [0, 0.1) is 0 Å². The van der Waals surface area contributed by atoms with E-state index >= 15 is 0 Å². The monoisotopic (exact) mass is 225 g/mol. The van der Waals surface area contributed by atoms with Crippen LogP contribution in [0.1, 0.15) is 16.8 Å². The number of ether oxygens (including phenoxy) is 1. The van der Waals surface area contributed by atoms with Crippen molar-refractivity contribution < 1.29 is 14.6 Å². The maximum atomic E-state index is 11.8. The van der Waals surface area contributed by atoms with Gasteiger partial charge in [-0.2, -0.15) is 5.10 Å². The topological polar surface area (TPSA) is 76.4 Å². The van der Waals surface area contributed by atoms with Gasteiger partial charge in [-0.05, 0) is 6.42 Å². The van der Waals surface area contributed by atoms with Crippen LogP contribution < -0.4 is 5.32 Å². The number of amides is 1. The number of nitrogens with one attached hydrogen (secondary N) is 1. The van der Waals surface area contributed by atoms with E-state index in [9.17, 15) is 9.90 Å². The summed E-state index contributed by atoms with van der Waals surface area (Å²) < 4.78 is 6.65. The Labute approximate surface area is 93.2 Å². The summed E-state index contributed by atoms with van der Waals surface area (Å²) >= 11 is 0. The average molecular weight is 225 g/mol. The Morgan fingerprint density at radius 3 is 3.19 bits per heavy atom. The molecule has 0 spiro atoms. The molecule has 0 bridgehead atoms. The molecule has 1 saturated heterocycles. The molecule has 2 N–H and O–H groups in total. The molecule has 1 fully saturated rings. The standard InChI is InChI=1S/C10H15N3O3/c1-13-5-7(4-11-13)10(15)12-8-2-3-16-6-9(8)14/h4-5,8-9,14H,2-3,6H2,1H3,(H,12,15)/t8-,9-/m1/s1. The molecule has 0 aromatic carbocycles. The molecule has 1 amide bonds. The highest BCUT2D eigenvalue weighted by molar-refractivity contribution is 5.93. The average Bonchev–Trinajstić information content (AvgIpc) is 2.68. The molecule has 1 aliphatic heterocycles. The first-order chi connectivity index (χ1) is 7.66. The molecule has 6 heteroatoms. The van der Waals surface area contributed by atoms with Crippen LogP contribution in [0.2, 0.25) is 0 Å². The third-order valence-corrected chi connectivity index (χ3v) is 2.61. The highest BCUT2D eigenvalue weighted by atomic mass is 16.5. The number of carbonyl (C=O) groups is 1. The van der Waals surface area contributed by atoms with Gasteiger partial charge < -0.3 is 15.2 Å². The third-order valence-electron chi connectivity index (χ3n) is 2.61. The van der Waals surface area contributed by atoms with Crippen molar-refractivity contribution in [1.82, 2.24) is 15.1 Å². The van der Waals surface area contributed by atoms with Crippen LogP contribution in [0.15, 0.2) is 12.4 Å². The van der Waals surface area contributed by atoms with E-state index in [1.54, 1.807) is 17.9 Å². The fourth-order valence-corrected chi connectivity index (χ4v) is 1.68. The van der Waals surface area contributed by atoms with Crippen molar-refractivity contribution in [2.75, 3.05) is 13.2 Å². The number of hydrogen-bond acceptors (Lipinski definition) is 4. The quantitative estimate of drug-likeness (QED) is 0.697. The Morgan fingerprint density at radius 1 is 1.75 bits per heavy atom. The summed E-state index contributed by atoms with van der Waals surface area (Å²) in [5, 5.41) is 16.3. The largest absolute Gasteiger partial charge is 0.389 e. The van der Waals surface area contributed by atoms with Crippen molar-refractivity contribution in [3.05, 3.63) is 18.0 Å². The van der Waals surface area contributed by atoms with Crippen molar-refractivity contribution in [2.24, 2.45) is 7.05 Å². The molecule has 1 aliphatic rings. The number of aliphatic hydroxyl groups excluding tert-OH is 1. The van der Waals surface area contributed by atoms with Gasteiger partial charge in [-0.15, -0.1) is 0 Å². The second-order valence-electron chi connectivity index (χ2n) is 3.91. The van der Waals surface area contributed by atoms with Crippen LogP contribution in [-0.2, 0) is 11.8 Å². The van der Waals surface area contributed by atoms with E-state index in [2.05, 4.69) is 10.4 Å². The summed E-state index contributed by atoms with van der Waals surface area (Å²) in [5.74, 6) is -0.209. The molecule has 2 rings (SSSR count). The zero-order valence-corrected chi connectivity index (χ0v) is 9.09. The van der Waals surface area contributed by atoms with Crippen molar-refractivity contribution in [2.45, 2.75) is 18.6 Å². The first-order valence-corrected chi connectivity index (χ1v) is 5.22. The number of rotatable bonds is 2. The first kappa shape index (κ1) is 11.1. The number of hydrogen-bond donors (Lipinski definition) is 2. The minimum atomic E-state index is -0.630.